The minimum absolute atomic E-state index is 0.316. The van der Waals surface area contributed by atoms with Crippen molar-refractivity contribution >= 4 is 21.2 Å². The van der Waals surface area contributed by atoms with Gasteiger partial charge in [0.05, 0.1) is 23.6 Å². The average molecular weight is 302 g/mol. The van der Waals surface area contributed by atoms with Crippen molar-refractivity contribution in [3.63, 3.8) is 0 Å². The van der Waals surface area contributed by atoms with Gasteiger partial charge >= 0.3 is 10.1 Å². The van der Waals surface area contributed by atoms with Crippen LogP contribution in [0.15, 0.2) is 54.9 Å². The second kappa shape index (κ2) is 5.21. The van der Waals surface area contributed by atoms with E-state index in [9.17, 15) is 8.42 Å². The summed E-state index contributed by atoms with van der Waals surface area (Å²) in [5.74, 6) is 0.316. The molecule has 3 rings (SSSR count). The number of imidazole rings is 1. The average Bonchev–Trinajstić information content (AvgIpc) is 2.83. The van der Waals surface area contributed by atoms with E-state index in [0.29, 0.717) is 12.3 Å². The lowest BCUT2D eigenvalue weighted by molar-refractivity contribution is 0.493. The van der Waals surface area contributed by atoms with Crippen molar-refractivity contribution in [2.75, 3.05) is 6.26 Å². The summed E-state index contributed by atoms with van der Waals surface area (Å²) in [4.78, 5) is 4.34. The number of para-hydroxylation sites is 2. The monoisotopic (exact) mass is 302 g/mol. The first-order valence-corrected chi connectivity index (χ1v) is 8.21. The van der Waals surface area contributed by atoms with E-state index >= 15 is 0 Å². The number of aromatic nitrogens is 2. The summed E-state index contributed by atoms with van der Waals surface area (Å²) in [5, 5.41) is 0. The molecule has 0 aliphatic heterocycles. The molecule has 0 aliphatic carbocycles. The van der Waals surface area contributed by atoms with Crippen molar-refractivity contribution < 1.29 is 12.6 Å². The topological polar surface area (TPSA) is 61.2 Å². The zero-order chi connectivity index (χ0) is 14.9. The quantitative estimate of drug-likeness (QED) is 0.694. The second-order valence-electron chi connectivity index (χ2n) is 4.79. The minimum Gasteiger partial charge on any atom is -0.383 e. The normalized spacial score (nSPS) is 11.7. The first-order valence-electron chi connectivity index (χ1n) is 6.39. The molecule has 1 aromatic heterocycles. The molecule has 0 bridgehead atoms. The van der Waals surface area contributed by atoms with Crippen LogP contribution in [-0.4, -0.2) is 24.2 Å². The van der Waals surface area contributed by atoms with Crippen LogP contribution in [0.3, 0.4) is 0 Å². The number of rotatable bonds is 4. The molecule has 0 fully saturated rings. The van der Waals surface area contributed by atoms with Gasteiger partial charge in [0.2, 0.25) is 0 Å². The van der Waals surface area contributed by atoms with Gasteiger partial charge in [-0.3, -0.25) is 0 Å². The lowest BCUT2D eigenvalue weighted by Crippen LogP contribution is -2.05. The van der Waals surface area contributed by atoms with Crippen molar-refractivity contribution in [2.45, 2.75) is 6.54 Å². The van der Waals surface area contributed by atoms with E-state index in [-0.39, 0.29) is 0 Å². The van der Waals surface area contributed by atoms with E-state index in [2.05, 4.69) is 4.98 Å². The third-order valence-electron chi connectivity index (χ3n) is 3.05. The molecule has 0 spiro atoms. The molecule has 0 radical (unpaired) electrons. The molecule has 5 nitrogen and oxygen atoms in total. The van der Waals surface area contributed by atoms with Gasteiger partial charge in [0.1, 0.15) is 5.75 Å². The third kappa shape index (κ3) is 3.22. The Kier molecular flexibility index (Phi) is 3.39. The predicted molar refractivity (Wildman–Crippen MR) is 80.7 cm³/mol. The molecule has 0 saturated heterocycles. The molecular weight excluding hydrogens is 288 g/mol. The molecule has 1 heterocycles. The summed E-state index contributed by atoms with van der Waals surface area (Å²) in [5.41, 5.74) is 3.06. The lowest BCUT2D eigenvalue weighted by Gasteiger charge is -2.06. The summed E-state index contributed by atoms with van der Waals surface area (Å²) >= 11 is 0. The first kappa shape index (κ1) is 13.6. The van der Waals surface area contributed by atoms with Gasteiger partial charge in [-0.2, -0.15) is 8.42 Å². The number of hydrogen-bond acceptors (Lipinski definition) is 4. The highest BCUT2D eigenvalue weighted by molar-refractivity contribution is 7.86. The Labute approximate surface area is 122 Å². The van der Waals surface area contributed by atoms with E-state index in [0.717, 1.165) is 22.9 Å². The van der Waals surface area contributed by atoms with E-state index in [4.69, 9.17) is 4.18 Å². The number of fused-ring (bicyclic) bond motifs is 1. The fraction of sp³-hybridized carbons (Fsp3) is 0.133. The molecule has 108 valence electrons. The molecule has 21 heavy (non-hydrogen) atoms. The van der Waals surface area contributed by atoms with Crippen LogP contribution in [0.4, 0.5) is 0 Å². The van der Waals surface area contributed by atoms with Gasteiger partial charge < -0.3 is 8.75 Å². The van der Waals surface area contributed by atoms with Gasteiger partial charge in [-0.15, -0.1) is 0 Å². The van der Waals surface area contributed by atoms with Gasteiger partial charge in [-0.25, -0.2) is 4.98 Å². The first-order chi connectivity index (χ1) is 10.0. The standard InChI is InChI=1S/C15H14N2O3S/c1-21(18,19)20-13-8-6-12(7-9-13)10-17-11-16-14-4-2-3-5-15(14)17/h2-9,11H,10H2,1H3. The maximum absolute atomic E-state index is 11.1. The zero-order valence-electron chi connectivity index (χ0n) is 11.4. The molecule has 6 heteroatoms. The number of benzene rings is 2. The SMILES string of the molecule is CS(=O)(=O)Oc1ccc(Cn2cnc3ccccc32)cc1. The van der Waals surface area contributed by atoms with Gasteiger partial charge in [-0.1, -0.05) is 24.3 Å². The summed E-state index contributed by atoms with van der Waals surface area (Å²) in [6, 6.07) is 14.9. The summed E-state index contributed by atoms with van der Waals surface area (Å²) < 4.78 is 29.0. The summed E-state index contributed by atoms with van der Waals surface area (Å²) in [6.07, 6.45) is 2.82. The molecule has 0 saturated carbocycles. The van der Waals surface area contributed by atoms with Crippen molar-refractivity contribution in [3.05, 3.63) is 60.4 Å². The molecule has 2 aromatic carbocycles. The van der Waals surface area contributed by atoms with Crippen LogP contribution in [0, 0.1) is 0 Å². The Morgan fingerprint density at radius 1 is 1.10 bits per heavy atom. The summed E-state index contributed by atoms with van der Waals surface area (Å²) in [6.45, 7) is 0.666. The fourth-order valence-electron chi connectivity index (χ4n) is 2.16. The zero-order valence-corrected chi connectivity index (χ0v) is 12.2. The maximum atomic E-state index is 11.1. The highest BCUT2D eigenvalue weighted by Crippen LogP contribution is 2.17. The summed E-state index contributed by atoms with van der Waals surface area (Å²) in [7, 11) is -3.48. The Morgan fingerprint density at radius 3 is 2.52 bits per heavy atom. The number of hydrogen-bond donors (Lipinski definition) is 0. The second-order valence-corrected chi connectivity index (χ2v) is 6.37. The third-order valence-corrected chi connectivity index (χ3v) is 3.55. The highest BCUT2D eigenvalue weighted by atomic mass is 32.2. The molecule has 0 unspecified atom stereocenters. The van der Waals surface area contributed by atoms with Crippen LogP contribution < -0.4 is 4.18 Å². The Bertz CT molecular complexity index is 867. The van der Waals surface area contributed by atoms with Gasteiger partial charge in [0, 0.05) is 6.54 Å². The van der Waals surface area contributed by atoms with Crippen molar-refractivity contribution in [1.82, 2.24) is 9.55 Å². The molecule has 0 aliphatic rings. The van der Waals surface area contributed by atoms with Crippen molar-refractivity contribution in [1.29, 1.82) is 0 Å². The molecule has 3 aromatic rings. The Hall–Kier alpha value is -2.34. The van der Waals surface area contributed by atoms with Crippen molar-refractivity contribution in [2.24, 2.45) is 0 Å². The van der Waals surface area contributed by atoms with Crippen LogP contribution in [0.25, 0.3) is 11.0 Å². The van der Waals surface area contributed by atoms with Gasteiger partial charge in [-0.05, 0) is 29.8 Å². The van der Waals surface area contributed by atoms with Crippen LogP contribution in [-0.2, 0) is 16.7 Å². The van der Waals surface area contributed by atoms with Crippen LogP contribution in [0.1, 0.15) is 5.56 Å². The molecule has 0 amide bonds. The van der Waals surface area contributed by atoms with Gasteiger partial charge in [0.25, 0.3) is 0 Å². The highest BCUT2D eigenvalue weighted by Gasteiger charge is 2.05. The Morgan fingerprint density at radius 2 is 1.81 bits per heavy atom. The maximum Gasteiger partial charge on any atom is 0.306 e. The fourth-order valence-corrected chi connectivity index (χ4v) is 2.62. The smallest absolute Gasteiger partial charge is 0.306 e. The Balaban J connectivity index is 1.82. The number of nitrogens with zero attached hydrogens (tertiary/aromatic N) is 2. The molecule has 0 atom stereocenters. The van der Waals surface area contributed by atoms with Crippen LogP contribution in [0.5, 0.6) is 5.75 Å². The van der Waals surface area contributed by atoms with Crippen molar-refractivity contribution in [3.8, 4) is 5.75 Å². The lowest BCUT2D eigenvalue weighted by atomic mass is 10.2. The van der Waals surface area contributed by atoms with E-state index in [1.165, 1.54) is 0 Å². The largest absolute Gasteiger partial charge is 0.383 e. The van der Waals surface area contributed by atoms with Gasteiger partial charge in [0.15, 0.2) is 0 Å². The van der Waals surface area contributed by atoms with Crippen LogP contribution in [0.2, 0.25) is 0 Å². The predicted octanol–water partition coefficient (Wildman–Crippen LogP) is 2.42. The molecular formula is C15H14N2O3S. The van der Waals surface area contributed by atoms with E-state index in [1.807, 2.05) is 41.0 Å². The minimum atomic E-state index is -3.48. The molecule has 0 N–H and O–H groups in total. The van der Waals surface area contributed by atoms with E-state index in [1.54, 1.807) is 18.5 Å². The van der Waals surface area contributed by atoms with E-state index < -0.39 is 10.1 Å². The van der Waals surface area contributed by atoms with Crippen LogP contribution >= 0.6 is 0 Å².